The molecule has 0 bridgehead atoms. The van der Waals surface area contributed by atoms with Gasteiger partial charge in [0.2, 0.25) is 5.91 Å². The lowest BCUT2D eigenvalue weighted by Crippen LogP contribution is -2.38. The summed E-state index contributed by atoms with van der Waals surface area (Å²) in [5.74, 6) is 0.464. The Hall–Kier alpha value is -1.73. The third-order valence-electron chi connectivity index (χ3n) is 2.89. The highest BCUT2D eigenvalue weighted by atomic mass is 35.5. The van der Waals surface area contributed by atoms with E-state index in [2.05, 4.69) is 30.6 Å². The zero-order chi connectivity index (χ0) is 15.1. The third-order valence-corrected chi connectivity index (χ3v) is 3.12. The van der Waals surface area contributed by atoms with Gasteiger partial charge in [0.1, 0.15) is 12.1 Å². The van der Waals surface area contributed by atoms with E-state index in [-0.39, 0.29) is 5.91 Å². The largest absolute Gasteiger partial charge is 0.373 e. The fourth-order valence-electron chi connectivity index (χ4n) is 1.67. The molecule has 0 aromatic heterocycles. The highest BCUT2D eigenvalue weighted by Crippen LogP contribution is 2.21. The standard InChI is InChI=1S/C15H20ClN3O/c1-10(2)6-7-18-15(20)11(3)19-14-8-13(16)5-4-12(14)9-17/h4-5,8,10-11,19H,6-7H2,1-3H3,(H,18,20). The van der Waals surface area contributed by atoms with Crippen LogP contribution in [0.15, 0.2) is 18.2 Å². The molecule has 5 heteroatoms. The molecule has 0 aliphatic heterocycles. The van der Waals surface area contributed by atoms with Crippen molar-refractivity contribution in [1.82, 2.24) is 5.32 Å². The summed E-state index contributed by atoms with van der Waals surface area (Å²) in [5.41, 5.74) is 1.04. The summed E-state index contributed by atoms with van der Waals surface area (Å²) < 4.78 is 0. The Morgan fingerprint density at radius 1 is 1.40 bits per heavy atom. The Morgan fingerprint density at radius 3 is 2.70 bits per heavy atom. The Bertz CT molecular complexity index is 508. The number of nitrogens with zero attached hydrogens (tertiary/aromatic N) is 1. The van der Waals surface area contributed by atoms with E-state index in [0.717, 1.165) is 6.42 Å². The van der Waals surface area contributed by atoms with Crippen LogP contribution < -0.4 is 10.6 Å². The van der Waals surface area contributed by atoms with Gasteiger partial charge in [0.05, 0.1) is 11.3 Å². The first-order valence-corrected chi connectivity index (χ1v) is 7.05. The van der Waals surface area contributed by atoms with Crippen molar-refractivity contribution in [2.45, 2.75) is 33.2 Å². The number of halogens is 1. The van der Waals surface area contributed by atoms with Gasteiger partial charge in [0, 0.05) is 11.6 Å². The average Bonchev–Trinajstić information content (AvgIpc) is 2.38. The van der Waals surface area contributed by atoms with E-state index in [1.807, 2.05) is 0 Å². The van der Waals surface area contributed by atoms with Gasteiger partial charge < -0.3 is 10.6 Å². The fourth-order valence-corrected chi connectivity index (χ4v) is 1.84. The minimum atomic E-state index is -0.423. The molecule has 1 unspecified atom stereocenters. The number of hydrogen-bond acceptors (Lipinski definition) is 3. The normalized spacial score (nSPS) is 11.8. The lowest BCUT2D eigenvalue weighted by Gasteiger charge is -2.16. The monoisotopic (exact) mass is 293 g/mol. The van der Waals surface area contributed by atoms with Crippen LogP contribution in [0.5, 0.6) is 0 Å². The zero-order valence-electron chi connectivity index (χ0n) is 12.0. The summed E-state index contributed by atoms with van der Waals surface area (Å²) >= 11 is 5.91. The molecule has 20 heavy (non-hydrogen) atoms. The van der Waals surface area contributed by atoms with Crippen LogP contribution in [-0.4, -0.2) is 18.5 Å². The molecule has 108 valence electrons. The van der Waals surface area contributed by atoms with E-state index in [1.165, 1.54) is 0 Å². The minimum Gasteiger partial charge on any atom is -0.373 e. The van der Waals surface area contributed by atoms with Gasteiger partial charge in [-0.3, -0.25) is 4.79 Å². The molecule has 1 aromatic rings. The molecule has 0 heterocycles. The van der Waals surface area contributed by atoms with Crippen LogP contribution in [0.4, 0.5) is 5.69 Å². The molecule has 0 saturated heterocycles. The highest BCUT2D eigenvalue weighted by Gasteiger charge is 2.14. The Morgan fingerprint density at radius 2 is 2.10 bits per heavy atom. The second-order valence-corrected chi connectivity index (χ2v) is 5.58. The summed E-state index contributed by atoms with van der Waals surface area (Å²) in [6.07, 6.45) is 0.944. The SMILES string of the molecule is CC(C)CCNC(=O)C(C)Nc1cc(Cl)ccc1C#N. The quantitative estimate of drug-likeness (QED) is 0.846. The summed E-state index contributed by atoms with van der Waals surface area (Å²) in [7, 11) is 0. The fraction of sp³-hybridized carbons (Fsp3) is 0.467. The molecule has 4 nitrogen and oxygen atoms in total. The Kier molecular flexibility index (Phi) is 6.33. The third kappa shape index (κ3) is 5.10. The topological polar surface area (TPSA) is 64.9 Å². The van der Waals surface area contributed by atoms with E-state index < -0.39 is 6.04 Å². The van der Waals surface area contributed by atoms with Gasteiger partial charge in [-0.05, 0) is 37.5 Å². The van der Waals surface area contributed by atoms with Crippen LogP contribution in [0.2, 0.25) is 5.02 Å². The molecule has 0 aliphatic carbocycles. The molecule has 0 fully saturated rings. The van der Waals surface area contributed by atoms with Gasteiger partial charge >= 0.3 is 0 Å². The molecular weight excluding hydrogens is 274 g/mol. The maximum absolute atomic E-state index is 11.9. The maximum atomic E-state index is 11.9. The molecule has 0 radical (unpaired) electrons. The van der Waals surface area contributed by atoms with Gasteiger partial charge in [-0.15, -0.1) is 0 Å². The van der Waals surface area contributed by atoms with Crippen molar-refractivity contribution >= 4 is 23.2 Å². The second-order valence-electron chi connectivity index (χ2n) is 5.14. The minimum absolute atomic E-state index is 0.0884. The Labute approximate surface area is 125 Å². The van der Waals surface area contributed by atoms with Gasteiger partial charge in [0.25, 0.3) is 0 Å². The molecule has 0 spiro atoms. The summed E-state index contributed by atoms with van der Waals surface area (Å²) in [4.78, 5) is 11.9. The van der Waals surface area contributed by atoms with Gasteiger partial charge in [0.15, 0.2) is 0 Å². The van der Waals surface area contributed by atoms with Crippen molar-refractivity contribution in [3.8, 4) is 6.07 Å². The van der Waals surface area contributed by atoms with Crippen molar-refractivity contribution < 1.29 is 4.79 Å². The van der Waals surface area contributed by atoms with E-state index in [4.69, 9.17) is 16.9 Å². The first-order chi connectivity index (χ1) is 9.43. The lowest BCUT2D eigenvalue weighted by molar-refractivity contribution is -0.121. The van der Waals surface area contributed by atoms with Crippen molar-refractivity contribution in [3.05, 3.63) is 28.8 Å². The van der Waals surface area contributed by atoms with Crippen molar-refractivity contribution in [2.75, 3.05) is 11.9 Å². The number of nitrogens with one attached hydrogen (secondary N) is 2. The zero-order valence-corrected chi connectivity index (χ0v) is 12.8. The number of rotatable bonds is 6. The molecule has 2 N–H and O–H groups in total. The van der Waals surface area contributed by atoms with E-state index in [9.17, 15) is 4.79 Å². The molecule has 0 aliphatic rings. The maximum Gasteiger partial charge on any atom is 0.242 e. The van der Waals surface area contributed by atoms with Gasteiger partial charge in [-0.2, -0.15) is 5.26 Å². The predicted octanol–water partition coefficient (Wildman–Crippen LogP) is 3.17. The number of hydrogen-bond donors (Lipinski definition) is 2. The Balaban J connectivity index is 2.61. The first-order valence-electron chi connectivity index (χ1n) is 6.68. The highest BCUT2D eigenvalue weighted by molar-refractivity contribution is 6.30. The lowest BCUT2D eigenvalue weighted by atomic mass is 10.1. The van der Waals surface area contributed by atoms with E-state index in [1.54, 1.807) is 25.1 Å². The van der Waals surface area contributed by atoms with Crippen LogP contribution >= 0.6 is 11.6 Å². The van der Waals surface area contributed by atoms with Crippen molar-refractivity contribution in [1.29, 1.82) is 5.26 Å². The van der Waals surface area contributed by atoms with Crippen LogP contribution in [-0.2, 0) is 4.79 Å². The first kappa shape index (κ1) is 16.3. The summed E-state index contributed by atoms with van der Waals surface area (Å²) in [6, 6.07) is 6.58. The molecule has 1 atom stereocenters. The number of carbonyl (C=O) groups is 1. The van der Waals surface area contributed by atoms with Crippen molar-refractivity contribution in [2.24, 2.45) is 5.92 Å². The second kappa shape index (κ2) is 7.76. The molecule has 1 aromatic carbocycles. The molecular formula is C15H20ClN3O. The molecule has 1 rings (SSSR count). The predicted molar refractivity (Wildman–Crippen MR) is 81.7 cm³/mol. The number of carbonyl (C=O) groups excluding carboxylic acids is 1. The van der Waals surface area contributed by atoms with Crippen LogP contribution in [0.25, 0.3) is 0 Å². The number of anilines is 1. The average molecular weight is 294 g/mol. The van der Waals surface area contributed by atoms with Crippen LogP contribution in [0.1, 0.15) is 32.8 Å². The summed E-state index contributed by atoms with van der Waals surface area (Å²) in [5, 5.41) is 15.4. The van der Waals surface area contributed by atoms with Crippen LogP contribution in [0.3, 0.4) is 0 Å². The molecule has 1 amide bonds. The van der Waals surface area contributed by atoms with Crippen molar-refractivity contribution in [3.63, 3.8) is 0 Å². The van der Waals surface area contributed by atoms with Crippen LogP contribution in [0, 0.1) is 17.2 Å². The number of nitriles is 1. The van der Waals surface area contributed by atoms with Gasteiger partial charge in [-0.1, -0.05) is 25.4 Å². The van der Waals surface area contributed by atoms with Gasteiger partial charge in [-0.25, -0.2) is 0 Å². The smallest absolute Gasteiger partial charge is 0.242 e. The molecule has 0 saturated carbocycles. The number of benzene rings is 1. The van der Waals surface area contributed by atoms with E-state index in [0.29, 0.717) is 28.7 Å². The summed E-state index contributed by atoms with van der Waals surface area (Å²) in [6.45, 7) is 6.63. The number of amides is 1. The van der Waals surface area contributed by atoms with E-state index >= 15 is 0 Å².